The molecule has 0 fully saturated rings. The molecule has 0 aliphatic carbocycles. The molecule has 0 saturated carbocycles. The second-order valence-electron chi connectivity index (χ2n) is 13.6. The van der Waals surface area contributed by atoms with Crippen molar-refractivity contribution in [1.29, 1.82) is 0 Å². The largest absolute Gasteiger partial charge is 0.456 e. The van der Waals surface area contributed by atoms with Gasteiger partial charge in [-0.2, -0.15) is 0 Å². The lowest BCUT2D eigenvalue weighted by Gasteiger charge is -2.12. The molecule has 4 nitrogen and oxygen atoms in total. The number of hydrogen-bond donors (Lipinski definition) is 0. The van der Waals surface area contributed by atoms with E-state index in [1.54, 1.807) is 24.3 Å². The van der Waals surface area contributed by atoms with Gasteiger partial charge in [-0.25, -0.2) is 15.0 Å². The van der Waals surface area contributed by atoms with Crippen molar-refractivity contribution in [3.63, 3.8) is 0 Å². The van der Waals surface area contributed by atoms with Crippen molar-refractivity contribution in [3.8, 4) is 56.4 Å². The first kappa shape index (κ1) is 26.4. The molecule has 256 valence electrons. The Morgan fingerprint density at radius 2 is 0.727 bits per heavy atom. The third-order valence-electron chi connectivity index (χ3n) is 10.4. The van der Waals surface area contributed by atoms with Crippen LogP contribution in [-0.2, 0) is 0 Å². The Balaban J connectivity index is 1.02. The molecular weight excluding hydrogens is 671 g/mol. The van der Waals surface area contributed by atoms with Crippen molar-refractivity contribution in [2.45, 2.75) is 0 Å². The minimum absolute atomic E-state index is 0.139. The smallest absolute Gasteiger partial charge is 0.164 e. The monoisotopic (exact) mass is 706 g/mol. The van der Waals surface area contributed by atoms with Crippen LogP contribution >= 0.6 is 0 Å². The summed E-state index contributed by atoms with van der Waals surface area (Å²) >= 11 is 0. The maximum atomic E-state index is 8.46. The van der Waals surface area contributed by atoms with E-state index < -0.39 is 6.04 Å². The summed E-state index contributed by atoms with van der Waals surface area (Å²) in [6.45, 7) is 0. The van der Waals surface area contributed by atoms with E-state index in [2.05, 4.69) is 84.9 Å². The Morgan fingerprint density at radius 1 is 0.309 bits per heavy atom. The molecule has 2 aromatic heterocycles. The number of benzene rings is 9. The SMILES string of the molecule is [2H]c1c([2H])c([2H])c(-c2ccc(-c3nc(-c4ccccc4)nc(-c4ccc5oc6ccc(-c7ccc8c9ccccc9c9ccccc9c8c7)cc6c5c4)n3)cc2)c([2H])c1[2H]. The third-order valence-corrected chi connectivity index (χ3v) is 10.4. The molecule has 0 unspecified atom stereocenters. The number of furan rings is 1. The van der Waals surface area contributed by atoms with Crippen molar-refractivity contribution in [1.82, 2.24) is 15.0 Å². The third kappa shape index (κ3) is 5.34. The highest BCUT2D eigenvalue weighted by Gasteiger charge is 2.16. The van der Waals surface area contributed by atoms with Gasteiger partial charge < -0.3 is 4.42 Å². The minimum atomic E-state index is -0.425. The van der Waals surface area contributed by atoms with Crippen LogP contribution in [0.2, 0.25) is 0 Å². The summed E-state index contributed by atoms with van der Waals surface area (Å²) in [7, 11) is 0. The Bertz CT molecular complexity index is 3490. The quantitative estimate of drug-likeness (QED) is 0.167. The predicted octanol–water partition coefficient (Wildman–Crippen LogP) is 13.6. The number of nitrogens with zero attached hydrogens (tertiary/aromatic N) is 3. The molecule has 0 saturated heterocycles. The van der Waals surface area contributed by atoms with Crippen molar-refractivity contribution in [2.75, 3.05) is 0 Å². The predicted molar refractivity (Wildman–Crippen MR) is 227 cm³/mol. The van der Waals surface area contributed by atoms with Gasteiger partial charge in [0.05, 0.1) is 6.85 Å². The molecule has 0 bridgehead atoms. The van der Waals surface area contributed by atoms with Gasteiger partial charge in [0, 0.05) is 27.5 Å². The molecule has 0 aliphatic rings. The standard InChI is InChI=1S/C51H31N3O/c1-3-11-32(12-4-1)33-19-21-35(22-20-33)50-52-49(34-13-5-2-6-14-34)53-51(54-50)38-25-28-48-46(31-38)45-30-37(24-27-47(45)55-48)36-23-26-43-41-17-8-7-15-39(41)40-16-9-10-18-42(40)44(43)29-36/h1-31H/i1D,3D,4D,11D,12D. The molecule has 9 aromatic carbocycles. The molecule has 11 rings (SSSR count). The fraction of sp³-hybridized carbons (Fsp3) is 0. The zero-order valence-corrected chi connectivity index (χ0v) is 29.3. The summed E-state index contributed by atoms with van der Waals surface area (Å²) < 4.78 is 47.5. The van der Waals surface area contributed by atoms with Crippen LogP contribution in [0.25, 0.3) is 111 Å². The maximum absolute atomic E-state index is 8.46. The van der Waals surface area contributed by atoms with Crippen molar-refractivity contribution in [2.24, 2.45) is 0 Å². The van der Waals surface area contributed by atoms with Crippen LogP contribution in [0.1, 0.15) is 6.85 Å². The van der Waals surface area contributed by atoms with Crippen molar-refractivity contribution in [3.05, 3.63) is 188 Å². The summed E-state index contributed by atoms with van der Waals surface area (Å²) in [5, 5.41) is 9.31. The Hall–Kier alpha value is -7.43. The summed E-state index contributed by atoms with van der Waals surface area (Å²) in [5.41, 5.74) is 6.66. The first-order valence-corrected chi connectivity index (χ1v) is 18.1. The molecule has 0 spiro atoms. The van der Waals surface area contributed by atoms with Gasteiger partial charge in [0.1, 0.15) is 11.2 Å². The molecule has 2 heterocycles. The number of aromatic nitrogens is 3. The molecule has 11 aromatic rings. The maximum Gasteiger partial charge on any atom is 0.164 e. The number of rotatable bonds is 5. The first-order chi connectivity index (χ1) is 29.3. The van der Waals surface area contributed by atoms with Crippen molar-refractivity contribution >= 4 is 54.3 Å². The minimum Gasteiger partial charge on any atom is -0.456 e. The van der Waals surface area contributed by atoms with E-state index in [0.29, 0.717) is 28.6 Å². The summed E-state index contributed by atoms with van der Waals surface area (Å²) in [6.07, 6.45) is 0. The van der Waals surface area contributed by atoms with E-state index in [0.717, 1.165) is 44.2 Å². The van der Waals surface area contributed by atoms with Gasteiger partial charge in [-0.15, -0.1) is 0 Å². The van der Waals surface area contributed by atoms with Crippen LogP contribution in [0.5, 0.6) is 0 Å². The Kier molecular flexibility index (Phi) is 6.04. The molecule has 0 amide bonds. The van der Waals surface area contributed by atoms with Gasteiger partial charge >= 0.3 is 0 Å². The van der Waals surface area contributed by atoms with Gasteiger partial charge in [0.2, 0.25) is 0 Å². The highest BCUT2D eigenvalue weighted by Crippen LogP contribution is 2.39. The van der Waals surface area contributed by atoms with Crippen LogP contribution < -0.4 is 0 Å². The molecule has 0 atom stereocenters. The Morgan fingerprint density at radius 3 is 1.35 bits per heavy atom. The van der Waals surface area contributed by atoms with Gasteiger partial charge in [-0.1, -0.05) is 152 Å². The normalized spacial score (nSPS) is 12.9. The van der Waals surface area contributed by atoms with E-state index in [1.165, 1.54) is 32.3 Å². The molecule has 55 heavy (non-hydrogen) atoms. The van der Waals surface area contributed by atoms with Crippen molar-refractivity contribution < 1.29 is 11.3 Å². The fourth-order valence-electron chi connectivity index (χ4n) is 7.71. The Labute approximate surface area is 324 Å². The van der Waals surface area contributed by atoms with E-state index in [4.69, 9.17) is 26.2 Å². The molecule has 0 N–H and O–H groups in total. The lowest BCUT2D eigenvalue weighted by molar-refractivity contribution is 0.669. The first-order valence-electron chi connectivity index (χ1n) is 20.6. The lowest BCUT2D eigenvalue weighted by atomic mass is 9.92. The van der Waals surface area contributed by atoms with E-state index in [1.807, 2.05) is 48.5 Å². The van der Waals surface area contributed by atoms with Crippen LogP contribution in [0.15, 0.2) is 192 Å². The van der Waals surface area contributed by atoms with Crippen LogP contribution in [0.3, 0.4) is 0 Å². The molecule has 0 radical (unpaired) electrons. The van der Waals surface area contributed by atoms with Crippen LogP contribution in [0, 0.1) is 0 Å². The highest BCUT2D eigenvalue weighted by atomic mass is 16.3. The highest BCUT2D eigenvalue weighted by molar-refractivity contribution is 6.25. The van der Waals surface area contributed by atoms with Gasteiger partial charge in [-0.3, -0.25) is 0 Å². The van der Waals surface area contributed by atoms with E-state index in [9.17, 15) is 0 Å². The molecular formula is C51H31N3O. The summed E-state index contributed by atoms with van der Waals surface area (Å²) in [4.78, 5) is 14.8. The zero-order chi connectivity index (χ0) is 40.6. The lowest BCUT2D eigenvalue weighted by Crippen LogP contribution is -2.00. The second kappa shape index (κ2) is 12.6. The van der Waals surface area contributed by atoms with Crippen LogP contribution in [0.4, 0.5) is 0 Å². The van der Waals surface area contributed by atoms with E-state index in [-0.39, 0.29) is 29.7 Å². The fourth-order valence-corrected chi connectivity index (χ4v) is 7.71. The summed E-state index contributed by atoms with van der Waals surface area (Å²) in [5.74, 6) is 1.42. The second-order valence-corrected chi connectivity index (χ2v) is 13.6. The van der Waals surface area contributed by atoms with E-state index >= 15 is 0 Å². The van der Waals surface area contributed by atoms with Crippen LogP contribution in [-0.4, -0.2) is 15.0 Å². The van der Waals surface area contributed by atoms with Gasteiger partial charge in [0.15, 0.2) is 17.5 Å². The van der Waals surface area contributed by atoms with Gasteiger partial charge in [0.25, 0.3) is 0 Å². The average molecular weight is 707 g/mol. The van der Waals surface area contributed by atoms with Gasteiger partial charge in [-0.05, 0) is 91.0 Å². The number of fused-ring (bicyclic) bond motifs is 9. The molecule has 4 heteroatoms. The average Bonchev–Trinajstić information content (AvgIpc) is 3.68. The molecule has 0 aliphatic heterocycles. The number of hydrogen-bond acceptors (Lipinski definition) is 4. The topological polar surface area (TPSA) is 51.8 Å². The summed E-state index contributed by atoms with van der Waals surface area (Å²) in [6, 6.07) is 51.4. The zero-order valence-electron chi connectivity index (χ0n) is 34.3.